The van der Waals surface area contributed by atoms with Gasteiger partial charge in [-0.15, -0.1) is 0 Å². The molecule has 3 rings (SSSR count). The highest BCUT2D eigenvalue weighted by Crippen LogP contribution is 2.25. The van der Waals surface area contributed by atoms with E-state index in [1.54, 1.807) is 6.92 Å². The second-order valence-electron chi connectivity index (χ2n) is 7.72. The van der Waals surface area contributed by atoms with Crippen molar-refractivity contribution in [3.63, 3.8) is 0 Å². The van der Waals surface area contributed by atoms with Crippen LogP contribution in [0, 0.1) is 13.8 Å². The summed E-state index contributed by atoms with van der Waals surface area (Å²) in [4.78, 5) is 12.1. The van der Waals surface area contributed by atoms with Gasteiger partial charge >= 0.3 is 5.97 Å². The molecule has 2 aromatic carbocycles. The molecule has 0 N–H and O–H groups in total. The van der Waals surface area contributed by atoms with E-state index in [0.717, 1.165) is 17.9 Å². The first kappa shape index (κ1) is 23.6. The molecule has 0 radical (unpaired) electrons. The van der Waals surface area contributed by atoms with Crippen molar-refractivity contribution in [2.75, 3.05) is 19.8 Å². The first-order valence-electron chi connectivity index (χ1n) is 11.3. The van der Waals surface area contributed by atoms with E-state index in [1.807, 2.05) is 31.2 Å². The summed E-state index contributed by atoms with van der Waals surface area (Å²) >= 11 is 0. The van der Waals surface area contributed by atoms with Crippen molar-refractivity contribution in [3.8, 4) is 17.0 Å². The molecule has 0 amide bonds. The van der Waals surface area contributed by atoms with Crippen LogP contribution in [0.2, 0.25) is 0 Å². The Bertz CT molecular complexity index is 1010. The summed E-state index contributed by atoms with van der Waals surface area (Å²) in [6, 6.07) is 20.6. The van der Waals surface area contributed by atoms with E-state index >= 15 is 0 Å². The van der Waals surface area contributed by atoms with Crippen molar-refractivity contribution in [2.45, 2.75) is 46.8 Å². The summed E-state index contributed by atoms with van der Waals surface area (Å²) in [5.74, 6) is 0.487. The molecule has 0 saturated heterocycles. The number of esters is 1. The second kappa shape index (κ2) is 11.5. The van der Waals surface area contributed by atoms with Crippen molar-refractivity contribution >= 4 is 5.97 Å². The molecule has 170 valence electrons. The third-order valence-electron chi connectivity index (χ3n) is 5.47. The van der Waals surface area contributed by atoms with E-state index in [-0.39, 0.29) is 5.97 Å². The van der Waals surface area contributed by atoms with Gasteiger partial charge in [0.15, 0.2) is 6.10 Å². The summed E-state index contributed by atoms with van der Waals surface area (Å²) in [6.07, 6.45) is -0.0988. The highest BCUT2D eigenvalue weighted by atomic mass is 16.6. The molecule has 1 heterocycles. The van der Waals surface area contributed by atoms with Gasteiger partial charge in [-0.2, -0.15) is 0 Å². The number of carbonyl (C=O) groups is 1. The molecule has 0 aliphatic rings. The molecule has 3 aromatic rings. The Kier molecular flexibility index (Phi) is 8.51. The lowest BCUT2D eigenvalue weighted by Crippen LogP contribution is -2.28. The Balaban J connectivity index is 1.59. The topological polar surface area (TPSA) is 49.7 Å². The van der Waals surface area contributed by atoms with Gasteiger partial charge in [-0.3, -0.25) is 0 Å². The fraction of sp³-hybridized carbons (Fsp3) is 0.370. The number of nitrogens with zero attached hydrogens (tertiary/aromatic N) is 1. The van der Waals surface area contributed by atoms with E-state index < -0.39 is 6.10 Å². The van der Waals surface area contributed by atoms with E-state index in [4.69, 9.17) is 14.2 Å². The molecule has 0 fully saturated rings. The maximum atomic E-state index is 12.1. The molecule has 0 aliphatic carbocycles. The average molecular weight is 436 g/mol. The van der Waals surface area contributed by atoms with Gasteiger partial charge in [0.05, 0.1) is 13.2 Å². The number of hydrogen-bond donors (Lipinski definition) is 0. The molecule has 0 aliphatic heterocycles. The minimum absolute atomic E-state index is 0.318. The van der Waals surface area contributed by atoms with Gasteiger partial charge in [0.1, 0.15) is 12.4 Å². The smallest absolute Gasteiger partial charge is 0.335 e. The molecule has 32 heavy (non-hydrogen) atoms. The lowest BCUT2D eigenvalue weighted by Gasteiger charge is -2.16. The number of hydrogen-bond acceptors (Lipinski definition) is 4. The SMILES string of the molecule is CCOC(=O)[C@H](Cc1ccc(OCCn2c(C)ccc2-c2ccccc2C)cc1)OCC. The summed E-state index contributed by atoms with van der Waals surface area (Å²) in [5, 5.41) is 0. The minimum atomic E-state index is -0.580. The van der Waals surface area contributed by atoms with Crippen LogP contribution in [0.4, 0.5) is 0 Å². The lowest BCUT2D eigenvalue weighted by molar-refractivity contribution is -0.156. The van der Waals surface area contributed by atoms with E-state index in [2.05, 4.69) is 54.8 Å². The van der Waals surface area contributed by atoms with Crippen molar-refractivity contribution in [3.05, 3.63) is 77.5 Å². The zero-order valence-electron chi connectivity index (χ0n) is 19.5. The predicted octanol–water partition coefficient (Wildman–Crippen LogP) is 5.36. The van der Waals surface area contributed by atoms with E-state index in [1.165, 1.54) is 22.5 Å². The van der Waals surface area contributed by atoms with E-state index in [0.29, 0.717) is 26.2 Å². The molecule has 0 saturated carbocycles. The number of aryl methyl sites for hydroxylation is 2. The number of rotatable bonds is 11. The van der Waals surface area contributed by atoms with Crippen LogP contribution < -0.4 is 4.74 Å². The van der Waals surface area contributed by atoms with E-state index in [9.17, 15) is 4.79 Å². The van der Waals surface area contributed by atoms with Gasteiger partial charge < -0.3 is 18.8 Å². The van der Waals surface area contributed by atoms with Crippen LogP contribution in [0.5, 0.6) is 5.75 Å². The highest BCUT2D eigenvalue weighted by Gasteiger charge is 2.20. The van der Waals surface area contributed by atoms with Crippen molar-refractivity contribution in [1.29, 1.82) is 0 Å². The number of ether oxygens (including phenoxy) is 3. The monoisotopic (exact) mass is 435 g/mol. The van der Waals surface area contributed by atoms with Gasteiger partial charge in [-0.25, -0.2) is 4.79 Å². The Morgan fingerprint density at radius 3 is 2.38 bits per heavy atom. The summed E-state index contributed by atoms with van der Waals surface area (Å²) in [5.41, 5.74) is 5.93. The quantitative estimate of drug-likeness (QED) is 0.380. The molecule has 5 nitrogen and oxygen atoms in total. The average Bonchev–Trinajstić information content (AvgIpc) is 3.15. The maximum Gasteiger partial charge on any atom is 0.335 e. The Morgan fingerprint density at radius 1 is 0.938 bits per heavy atom. The fourth-order valence-electron chi connectivity index (χ4n) is 3.80. The number of benzene rings is 2. The van der Waals surface area contributed by atoms with Crippen molar-refractivity contribution in [1.82, 2.24) is 4.57 Å². The van der Waals surface area contributed by atoms with Gasteiger partial charge in [0.25, 0.3) is 0 Å². The predicted molar refractivity (Wildman–Crippen MR) is 127 cm³/mol. The Hall–Kier alpha value is -3.05. The largest absolute Gasteiger partial charge is 0.492 e. The Morgan fingerprint density at radius 2 is 1.69 bits per heavy atom. The lowest BCUT2D eigenvalue weighted by atomic mass is 10.1. The normalized spacial score (nSPS) is 11.9. The van der Waals surface area contributed by atoms with Gasteiger partial charge in [0, 0.05) is 30.0 Å². The summed E-state index contributed by atoms with van der Waals surface area (Å²) in [7, 11) is 0. The first-order chi connectivity index (χ1) is 15.5. The first-order valence-corrected chi connectivity index (χ1v) is 11.3. The zero-order valence-corrected chi connectivity index (χ0v) is 19.5. The standard InChI is InChI=1S/C27H33NO4/c1-5-30-26(27(29)31-6-2)19-22-12-14-23(15-13-22)32-18-17-28-21(4)11-16-25(28)24-10-8-7-9-20(24)3/h7-16,26H,5-6,17-19H2,1-4H3/t26-/m0/s1. The minimum Gasteiger partial charge on any atom is -0.492 e. The highest BCUT2D eigenvalue weighted by molar-refractivity contribution is 5.75. The zero-order chi connectivity index (χ0) is 22.9. The maximum absolute atomic E-state index is 12.1. The van der Waals surface area contributed by atoms with Crippen LogP contribution >= 0.6 is 0 Å². The van der Waals surface area contributed by atoms with Crippen molar-refractivity contribution < 1.29 is 19.0 Å². The van der Waals surface area contributed by atoms with Crippen LogP contribution in [0.3, 0.4) is 0 Å². The number of aromatic nitrogens is 1. The molecular weight excluding hydrogens is 402 g/mol. The summed E-state index contributed by atoms with van der Waals surface area (Å²) < 4.78 is 19.0. The molecule has 0 unspecified atom stereocenters. The van der Waals surface area contributed by atoms with Gasteiger partial charge in [-0.1, -0.05) is 36.4 Å². The fourth-order valence-corrected chi connectivity index (χ4v) is 3.80. The van der Waals surface area contributed by atoms with Crippen molar-refractivity contribution in [2.24, 2.45) is 0 Å². The molecule has 1 aromatic heterocycles. The molecular formula is C27H33NO4. The molecule has 0 bridgehead atoms. The van der Waals surface area contributed by atoms with Crippen LogP contribution in [0.15, 0.2) is 60.7 Å². The van der Waals surface area contributed by atoms with Crippen LogP contribution in [0.25, 0.3) is 11.3 Å². The molecule has 5 heteroatoms. The van der Waals surface area contributed by atoms with Gasteiger partial charge in [-0.05, 0) is 63.1 Å². The van der Waals surface area contributed by atoms with Crippen LogP contribution in [0.1, 0.15) is 30.7 Å². The molecule has 0 spiro atoms. The second-order valence-corrected chi connectivity index (χ2v) is 7.72. The summed E-state index contributed by atoms with van der Waals surface area (Å²) in [6.45, 7) is 10.1. The third kappa shape index (κ3) is 6.01. The Labute approximate surface area is 190 Å². The van der Waals surface area contributed by atoms with Crippen LogP contribution in [-0.4, -0.2) is 36.5 Å². The molecule has 1 atom stereocenters. The number of carbonyl (C=O) groups excluding carboxylic acids is 1. The third-order valence-corrected chi connectivity index (χ3v) is 5.47. The van der Waals surface area contributed by atoms with Gasteiger partial charge in [0.2, 0.25) is 0 Å². The van der Waals surface area contributed by atoms with Crippen LogP contribution in [-0.2, 0) is 27.2 Å².